The van der Waals surface area contributed by atoms with Crippen molar-refractivity contribution < 1.29 is 5.11 Å². The number of para-hydroxylation sites is 1. The summed E-state index contributed by atoms with van der Waals surface area (Å²) in [5.74, 6) is 0.418. The van der Waals surface area contributed by atoms with E-state index in [2.05, 4.69) is 10.3 Å². The fourth-order valence-corrected chi connectivity index (χ4v) is 2.45. The lowest BCUT2D eigenvalue weighted by atomic mass is 9.87. The van der Waals surface area contributed by atoms with Crippen LogP contribution in [0.4, 0.5) is 5.69 Å². The van der Waals surface area contributed by atoms with E-state index in [1.807, 2.05) is 30.3 Å². The average molecular weight is 247 g/mol. The highest BCUT2D eigenvalue weighted by molar-refractivity contribution is 5.92. The first-order valence-electron chi connectivity index (χ1n) is 6.47. The van der Waals surface area contributed by atoms with Crippen LogP contribution in [-0.2, 0) is 0 Å². The van der Waals surface area contributed by atoms with Gasteiger partial charge in [-0.1, -0.05) is 31.0 Å². The Morgan fingerprint density at radius 3 is 2.56 bits per heavy atom. The maximum atomic E-state index is 9.49. The largest absolute Gasteiger partial charge is 0.396 e. The summed E-state index contributed by atoms with van der Waals surface area (Å²) in [5.41, 5.74) is 6.75. The van der Waals surface area contributed by atoms with Gasteiger partial charge in [-0.2, -0.15) is 0 Å². The van der Waals surface area contributed by atoms with Crippen molar-refractivity contribution in [3.63, 3.8) is 0 Å². The second-order valence-corrected chi connectivity index (χ2v) is 5.06. The van der Waals surface area contributed by atoms with E-state index in [9.17, 15) is 5.11 Å². The molecule has 1 fully saturated rings. The van der Waals surface area contributed by atoms with Gasteiger partial charge in [0.05, 0.1) is 13.2 Å². The first-order valence-corrected chi connectivity index (χ1v) is 6.47. The molecular weight excluding hydrogens is 226 g/mol. The normalized spacial score (nSPS) is 18.8. The molecule has 0 radical (unpaired) electrons. The Morgan fingerprint density at radius 1 is 1.28 bits per heavy atom. The van der Waals surface area contributed by atoms with E-state index in [0.717, 1.165) is 18.5 Å². The van der Waals surface area contributed by atoms with Crippen LogP contribution in [0.1, 0.15) is 25.7 Å². The third-order valence-electron chi connectivity index (χ3n) is 3.63. The molecule has 1 aromatic rings. The van der Waals surface area contributed by atoms with Crippen LogP contribution < -0.4 is 11.1 Å². The van der Waals surface area contributed by atoms with Gasteiger partial charge in [0.2, 0.25) is 0 Å². The minimum Gasteiger partial charge on any atom is -0.396 e. The SMILES string of the molecule is NC(=NCC1(CO)CCCC1)Nc1ccccc1. The first kappa shape index (κ1) is 12.9. The molecule has 4 heteroatoms. The zero-order valence-corrected chi connectivity index (χ0v) is 10.6. The Balaban J connectivity index is 1.92. The Hall–Kier alpha value is -1.55. The number of benzene rings is 1. The van der Waals surface area contributed by atoms with E-state index in [1.54, 1.807) is 0 Å². The summed E-state index contributed by atoms with van der Waals surface area (Å²) in [6.45, 7) is 0.810. The van der Waals surface area contributed by atoms with Gasteiger partial charge >= 0.3 is 0 Å². The second kappa shape index (κ2) is 5.87. The third kappa shape index (κ3) is 3.23. The molecule has 2 rings (SSSR count). The van der Waals surface area contributed by atoms with Crippen molar-refractivity contribution in [2.24, 2.45) is 16.1 Å². The minimum atomic E-state index is -0.0387. The van der Waals surface area contributed by atoms with Gasteiger partial charge in [0.15, 0.2) is 5.96 Å². The first-order chi connectivity index (χ1) is 8.74. The molecule has 1 aliphatic carbocycles. The number of nitrogens with two attached hydrogens (primary N) is 1. The van der Waals surface area contributed by atoms with Crippen LogP contribution in [0, 0.1) is 5.41 Å². The van der Waals surface area contributed by atoms with Crippen molar-refractivity contribution in [2.45, 2.75) is 25.7 Å². The minimum absolute atomic E-state index is 0.0387. The zero-order chi connectivity index (χ0) is 12.8. The van der Waals surface area contributed by atoms with Crippen LogP contribution in [0.3, 0.4) is 0 Å². The lowest BCUT2D eigenvalue weighted by Crippen LogP contribution is -2.29. The quantitative estimate of drug-likeness (QED) is 0.562. The molecule has 0 unspecified atom stereocenters. The molecule has 4 nitrogen and oxygen atoms in total. The number of rotatable bonds is 4. The summed E-state index contributed by atoms with van der Waals surface area (Å²) < 4.78 is 0. The van der Waals surface area contributed by atoms with Gasteiger partial charge in [0, 0.05) is 11.1 Å². The molecule has 0 heterocycles. The van der Waals surface area contributed by atoms with Crippen molar-refractivity contribution >= 4 is 11.6 Å². The Kier molecular flexibility index (Phi) is 4.20. The summed E-state index contributed by atoms with van der Waals surface area (Å²) >= 11 is 0. The van der Waals surface area contributed by atoms with E-state index in [4.69, 9.17) is 5.73 Å². The molecule has 18 heavy (non-hydrogen) atoms. The van der Waals surface area contributed by atoms with E-state index >= 15 is 0 Å². The molecular formula is C14H21N3O. The summed E-state index contributed by atoms with van der Waals surface area (Å²) in [4.78, 5) is 4.37. The molecule has 1 aliphatic rings. The molecule has 0 amide bonds. The highest BCUT2D eigenvalue weighted by atomic mass is 16.3. The smallest absolute Gasteiger partial charge is 0.193 e. The van der Waals surface area contributed by atoms with Crippen LogP contribution in [0.15, 0.2) is 35.3 Å². The van der Waals surface area contributed by atoms with Gasteiger partial charge in [-0.3, -0.25) is 4.99 Å². The molecule has 1 saturated carbocycles. The Labute approximate surface area is 108 Å². The van der Waals surface area contributed by atoms with Gasteiger partial charge in [-0.25, -0.2) is 0 Å². The molecule has 0 aliphatic heterocycles. The van der Waals surface area contributed by atoms with Gasteiger partial charge in [0.25, 0.3) is 0 Å². The predicted octanol–water partition coefficient (Wildman–Crippen LogP) is 1.97. The van der Waals surface area contributed by atoms with E-state index in [0.29, 0.717) is 12.5 Å². The number of nitrogens with one attached hydrogen (secondary N) is 1. The third-order valence-corrected chi connectivity index (χ3v) is 3.63. The van der Waals surface area contributed by atoms with Crippen molar-refractivity contribution in [3.8, 4) is 0 Å². The fraction of sp³-hybridized carbons (Fsp3) is 0.500. The number of anilines is 1. The summed E-state index contributed by atoms with van der Waals surface area (Å²) in [5, 5.41) is 12.5. The molecule has 1 aromatic carbocycles. The lowest BCUT2D eigenvalue weighted by molar-refractivity contribution is 0.139. The highest BCUT2D eigenvalue weighted by Gasteiger charge is 2.32. The number of aliphatic hydroxyl groups excluding tert-OH is 1. The maximum Gasteiger partial charge on any atom is 0.193 e. The molecule has 0 spiro atoms. The Bertz CT molecular complexity index is 397. The fourth-order valence-electron chi connectivity index (χ4n) is 2.45. The molecule has 0 saturated heterocycles. The number of hydrogen-bond acceptors (Lipinski definition) is 2. The summed E-state index contributed by atoms with van der Waals surface area (Å²) in [7, 11) is 0. The van der Waals surface area contributed by atoms with Gasteiger partial charge in [0.1, 0.15) is 0 Å². The molecule has 0 atom stereocenters. The summed E-state index contributed by atoms with van der Waals surface area (Å²) in [6.07, 6.45) is 4.46. The van der Waals surface area contributed by atoms with Gasteiger partial charge in [-0.15, -0.1) is 0 Å². The van der Waals surface area contributed by atoms with Crippen molar-refractivity contribution in [3.05, 3.63) is 30.3 Å². The average Bonchev–Trinajstić information content (AvgIpc) is 2.87. The van der Waals surface area contributed by atoms with Crippen LogP contribution in [0.5, 0.6) is 0 Å². The number of aliphatic imine (C=N–C) groups is 1. The predicted molar refractivity (Wildman–Crippen MR) is 74.5 cm³/mol. The Morgan fingerprint density at radius 2 is 1.94 bits per heavy atom. The highest BCUT2D eigenvalue weighted by Crippen LogP contribution is 2.37. The molecule has 98 valence electrons. The van der Waals surface area contributed by atoms with Crippen molar-refractivity contribution in [1.82, 2.24) is 0 Å². The maximum absolute atomic E-state index is 9.49. The standard InChI is InChI=1S/C14H21N3O/c15-13(17-12-6-2-1-3-7-12)16-10-14(11-18)8-4-5-9-14/h1-3,6-7,18H,4-5,8-11H2,(H3,15,16,17). The van der Waals surface area contributed by atoms with Crippen LogP contribution >= 0.6 is 0 Å². The van der Waals surface area contributed by atoms with E-state index in [-0.39, 0.29) is 12.0 Å². The topological polar surface area (TPSA) is 70.6 Å². The molecule has 0 bridgehead atoms. The van der Waals surface area contributed by atoms with Crippen molar-refractivity contribution in [1.29, 1.82) is 0 Å². The monoisotopic (exact) mass is 247 g/mol. The van der Waals surface area contributed by atoms with Gasteiger partial charge in [-0.05, 0) is 25.0 Å². The second-order valence-electron chi connectivity index (χ2n) is 5.06. The van der Waals surface area contributed by atoms with Crippen LogP contribution in [-0.4, -0.2) is 24.2 Å². The number of nitrogens with zero attached hydrogens (tertiary/aromatic N) is 1. The summed E-state index contributed by atoms with van der Waals surface area (Å²) in [6, 6.07) is 9.74. The number of guanidine groups is 1. The number of aliphatic hydroxyl groups is 1. The van der Waals surface area contributed by atoms with E-state index in [1.165, 1.54) is 12.8 Å². The van der Waals surface area contributed by atoms with Crippen LogP contribution in [0.25, 0.3) is 0 Å². The van der Waals surface area contributed by atoms with Gasteiger partial charge < -0.3 is 16.2 Å². The zero-order valence-electron chi connectivity index (χ0n) is 10.6. The molecule has 0 aromatic heterocycles. The number of hydrogen-bond donors (Lipinski definition) is 3. The molecule has 4 N–H and O–H groups in total. The van der Waals surface area contributed by atoms with E-state index < -0.39 is 0 Å². The van der Waals surface area contributed by atoms with Crippen molar-refractivity contribution in [2.75, 3.05) is 18.5 Å². The van der Waals surface area contributed by atoms with Crippen LogP contribution in [0.2, 0.25) is 0 Å². The lowest BCUT2D eigenvalue weighted by Gasteiger charge is -2.24.